The number of aliphatic imine (C=N–C) groups is 1. The van der Waals surface area contributed by atoms with E-state index in [2.05, 4.69) is 25.4 Å². The highest BCUT2D eigenvalue weighted by Gasteiger charge is 2.65. The summed E-state index contributed by atoms with van der Waals surface area (Å²) in [6, 6.07) is 4.20. The molecular formula is C57H74F3N9O6S. The van der Waals surface area contributed by atoms with Gasteiger partial charge in [-0.1, -0.05) is 32.8 Å². The standard InChI is InChI=1S/C57H74F3N9O6S/c1-33(74-4)46-38(12-7-21-61-46)49-40-26-55(2,3)32-75-54(73)41-13-8-23-68(64-41)52(71)42(25-45-62-43(27-76-45)36-16-19-44(39(40)24-36)67(49)31-57(58,59)60)63-51(70)48(34-10-5-6-11-34)65-22-9-20-56(28-65)29-66(30-56)53(72)50-47(35-14-15-35)69(50)37-17-18-37/h16,19,21,24,27,33-35,37,41-42,47-48,50,64H,5-15,17-18,20,22-23,25-26,28-32H2,1-4H3,(H,63,70)/t33-,41-,42-,47+,48-,50+,69?/m0/s1. The fourth-order valence-corrected chi connectivity index (χ4v) is 15.1. The van der Waals surface area contributed by atoms with Gasteiger partial charge in [0.05, 0.1) is 40.8 Å². The van der Waals surface area contributed by atoms with Crippen molar-refractivity contribution in [2.45, 2.75) is 179 Å². The molecule has 76 heavy (non-hydrogen) atoms. The molecule has 4 saturated heterocycles. The van der Waals surface area contributed by atoms with E-state index in [1.807, 2.05) is 32.2 Å². The molecule has 3 amide bonds. The topological polar surface area (TPSA) is 154 Å². The highest BCUT2D eigenvalue weighted by molar-refractivity contribution is 7.10. The number of ether oxygens (including phenoxy) is 2. The van der Waals surface area contributed by atoms with E-state index in [9.17, 15) is 27.6 Å². The minimum Gasteiger partial charge on any atom is -0.464 e. The zero-order valence-corrected chi connectivity index (χ0v) is 45.3. The van der Waals surface area contributed by atoms with Crippen molar-refractivity contribution in [3.05, 3.63) is 45.5 Å². The maximum atomic E-state index is 15.2. The molecule has 1 spiro atoms. The summed E-state index contributed by atoms with van der Waals surface area (Å²) < 4.78 is 57.6. The van der Waals surface area contributed by atoms with Crippen LogP contribution in [0.5, 0.6) is 0 Å². The van der Waals surface area contributed by atoms with Gasteiger partial charge in [-0.3, -0.25) is 39.0 Å². The van der Waals surface area contributed by atoms with Crippen LogP contribution in [0.25, 0.3) is 27.7 Å². The van der Waals surface area contributed by atoms with Gasteiger partial charge in [-0.05, 0) is 126 Å². The summed E-state index contributed by atoms with van der Waals surface area (Å²) in [6.07, 6.45) is 9.81. The number of esters is 1. The van der Waals surface area contributed by atoms with Crippen LogP contribution in [0.3, 0.4) is 0 Å². The van der Waals surface area contributed by atoms with Crippen molar-refractivity contribution in [1.82, 2.24) is 40.0 Å². The van der Waals surface area contributed by atoms with Gasteiger partial charge in [0.15, 0.2) is 0 Å². The molecule has 1 unspecified atom stereocenters. The third-order valence-electron chi connectivity index (χ3n) is 18.2. The molecule has 9 aliphatic rings. The van der Waals surface area contributed by atoms with Crippen LogP contribution in [0, 0.1) is 22.7 Å². The number of likely N-dealkylation sites (tertiary alicyclic amines) is 2. The van der Waals surface area contributed by atoms with Gasteiger partial charge in [-0.25, -0.2) is 10.4 Å². The Balaban J connectivity index is 0.858. The first-order valence-corrected chi connectivity index (χ1v) is 29.2. The van der Waals surface area contributed by atoms with E-state index in [4.69, 9.17) is 19.5 Å². The number of aromatic nitrogens is 2. The fraction of sp³-hybridized carbons (Fsp3) is 0.684. The van der Waals surface area contributed by atoms with E-state index in [0.29, 0.717) is 106 Å². The SMILES string of the molecule is CO[C@@H](C)C1=C(c2c3c4cc(ccc4n2CC(F)(F)F)-c2csc(n2)C[C@H](NC(=O)[C@H](C2CCCC2)N2CCCC4(CN(C(=O)[C@H]5[C@@H](C6CC6)N5C5CC5)C4)C2)C(=O)N2CCC[C@H](N2)C(=O)OCC(C)(C)C3)CCC=N1. The number of nitrogens with zero attached hydrogens (tertiary/aromatic N) is 7. The van der Waals surface area contributed by atoms with Crippen LogP contribution < -0.4 is 10.7 Å². The highest BCUT2D eigenvalue weighted by atomic mass is 32.1. The van der Waals surface area contributed by atoms with E-state index in [1.165, 1.54) is 46.6 Å². The predicted octanol–water partition coefficient (Wildman–Crippen LogP) is 7.69. The molecule has 3 aliphatic carbocycles. The van der Waals surface area contributed by atoms with Crippen LogP contribution in [0.1, 0.15) is 127 Å². The molecule has 7 fully saturated rings. The molecule has 0 radical (unpaired) electrons. The maximum absolute atomic E-state index is 15.2. The molecule has 6 bridgehead atoms. The van der Waals surface area contributed by atoms with Crippen LogP contribution in [0.4, 0.5) is 13.2 Å². The van der Waals surface area contributed by atoms with Gasteiger partial charge in [0.2, 0.25) is 11.8 Å². The number of nitrogens with one attached hydrogen (secondary N) is 2. The minimum absolute atomic E-state index is 0.0369. The smallest absolute Gasteiger partial charge is 0.406 e. The van der Waals surface area contributed by atoms with Crippen molar-refractivity contribution in [2.24, 2.45) is 27.7 Å². The molecule has 3 aromatic rings. The minimum atomic E-state index is -4.55. The first-order chi connectivity index (χ1) is 36.5. The average Bonchev–Trinajstić information content (AvgIpc) is 4.39. The van der Waals surface area contributed by atoms with Gasteiger partial charge >= 0.3 is 12.1 Å². The first kappa shape index (κ1) is 52.0. The second-order valence-electron chi connectivity index (χ2n) is 24.7. The number of alkyl halides is 3. The summed E-state index contributed by atoms with van der Waals surface area (Å²) in [5.74, 6) is 0.0102. The lowest BCUT2D eigenvalue weighted by Crippen LogP contribution is -2.68. The number of hydrogen-bond donors (Lipinski definition) is 2. The van der Waals surface area contributed by atoms with Gasteiger partial charge in [0, 0.05) is 96.3 Å². The zero-order valence-electron chi connectivity index (χ0n) is 44.5. The monoisotopic (exact) mass is 1070 g/mol. The molecule has 8 heterocycles. The number of hydrazine groups is 1. The van der Waals surface area contributed by atoms with Gasteiger partial charge < -0.3 is 24.3 Å². The number of methoxy groups -OCH3 is 1. The van der Waals surface area contributed by atoms with E-state index in [-0.39, 0.29) is 48.6 Å². The van der Waals surface area contributed by atoms with Crippen molar-refractivity contribution in [2.75, 3.05) is 46.4 Å². The predicted molar refractivity (Wildman–Crippen MR) is 283 cm³/mol. The first-order valence-electron chi connectivity index (χ1n) is 28.3. The number of thiazole rings is 1. The molecule has 15 nitrogen and oxygen atoms in total. The molecule has 2 aromatic heterocycles. The second-order valence-corrected chi connectivity index (χ2v) is 25.7. The molecule has 19 heteroatoms. The molecule has 12 rings (SSSR count). The summed E-state index contributed by atoms with van der Waals surface area (Å²) in [5, 5.41) is 7.90. The van der Waals surface area contributed by atoms with Gasteiger partial charge in [-0.2, -0.15) is 13.2 Å². The number of piperidine rings is 1. The number of allylic oxidation sites excluding steroid dienone is 1. The third-order valence-corrected chi connectivity index (χ3v) is 19.1. The van der Waals surface area contributed by atoms with Gasteiger partial charge in [-0.15, -0.1) is 11.3 Å². The Morgan fingerprint density at radius 3 is 2.54 bits per heavy atom. The Hall–Kier alpha value is -4.69. The van der Waals surface area contributed by atoms with Gasteiger partial charge in [0.1, 0.15) is 24.7 Å². The van der Waals surface area contributed by atoms with Crippen molar-refractivity contribution in [3.8, 4) is 11.3 Å². The van der Waals surface area contributed by atoms with Crippen LogP contribution >= 0.6 is 11.3 Å². The van der Waals surface area contributed by atoms with Gasteiger partial charge in [0.25, 0.3) is 5.91 Å². The Morgan fingerprint density at radius 1 is 1.01 bits per heavy atom. The number of hydrogen-bond acceptors (Lipinski definition) is 12. The van der Waals surface area contributed by atoms with Crippen molar-refractivity contribution in [1.29, 1.82) is 0 Å². The number of amides is 3. The Morgan fingerprint density at radius 2 is 1.80 bits per heavy atom. The lowest BCUT2D eigenvalue weighted by atomic mass is 9.72. The number of fused-ring (bicyclic) bond motifs is 6. The third kappa shape index (κ3) is 10.3. The maximum Gasteiger partial charge on any atom is 0.406 e. The largest absolute Gasteiger partial charge is 0.464 e. The number of halogens is 3. The lowest BCUT2D eigenvalue weighted by Gasteiger charge is -2.56. The molecule has 2 N–H and O–H groups in total. The Bertz CT molecular complexity index is 2800. The summed E-state index contributed by atoms with van der Waals surface area (Å²) in [7, 11) is 1.56. The van der Waals surface area contributed by atoms with Crippen LogP contribution in [0.15, 0.2) is 34.3 Å². The normalized spacial score (nSPS) is 29.1. The average molecular weight is 1070 g/mol. The Labute approximate surface area is 447 Å². The zero-order chi connectivity index (χ0) is 52.8. The number of benzene rings is 1. The highest BCUT2D eigenvalue weighted by Crippen LogP contribution is 2.54. The molecule has 6 aliphatic heterocycles. The van der Waals surface area contributed by atoms with E-state index in [0.717, 1.165) is 64.7 Å². The van der Waals surface area contributed by atoms with Crippen LogP contribution in [-0.2, 0) is 48.0 Å². The molecule has 7 atom stereocenters. The molecule has 1 aromatic carbocycles. The molecule has 410 valence electrons. The van der Waals surface area contributed by atoms with E-state index in [1.54, 1.807) is 25.5 Å². The summed E-state index contributed by atoms with van der Waals surface area (Å²) in [6.45, 7) is 7.74. The van der Waals surface area contributed by atoms with E-state index < -0.39 is 48.3 Å². The molecular weight excluding hydrogens is 996 g/mol. The van der Waals surface area contributed by atoms with Crippen molar-refractivity contribution < 1.29 is 41.8 Å². The lowest BCUT2D eigenvalue weighted by molar-refractivity contribution is -0.156. The van der Waals surface area contributed by atoms with Crippen molar-refractivity contribution in [3.63, 3.8) is 0 Å². The van der Waals surface area contributed by atoms with Crippen molar-refractivity contribution >= 4 is 57.7 Å². The number of carbonyl (C=O) groups excluding carboxylic acids is 4. The second kappa shape index (κ2) is 20.2. The number of rotatable bonds is 11. The number of cyclic esters (lactones) is 1. The Kier molecular flexibility index (Phi) is 13.8. The molecule has 3 saturated carbocycles. The summed E-state index contributed by atoms with van der Waals surface area (Å²) >= 11 is 1.37. The van der Waals surface area contributed by atoms with Crippen LogP contribution in [0.2, 0.25) is 0 Å². The quantitative estimate of drug-likeness (QED) is 0.144. The fourth-order valence-electron chi connectivity index (χ4n) is 14.2. The van der Waals surface area contributed by atoms with Crippen LogP contribution in [-0.4, -0.2) is 154 Å². The summed E-state index contributed by atoms with van der Waals surface area (Å²) in [4.78, 5) is 75.1. The number of carbonyl (C=O) groups is 4. The van der Waals surface area contributed by atoms with E-state index >= 15 is 4.79 Å². The summed E-state index contributed by atoms with van der Waals surface area (Å²) in [5.41, 5.74) is 6.50.